The molecule has 1 N–H and O–H groups in total. The molecule has 1 aromatic heterocycles. The van der Waals surface area contributed by atoms with E-state index < -0.39 is 23.5 Å². The first kappa shape index (κ1) is 18.7. The molecule has 0 bridgehead atoms. The molecular formula is C23H18FNO4. The number of ketones is 1. The lowest BCUT2D eigenvalue weighted by Crippen LogP contribution is -2.29. The fourth-order valence-corrected chi connectivity index (χ4v) is 3.59. The van der Waals surface area contributed by atoms with Crippen molar-refractivity contribution in [3.63, 3.8) is 0 Å². The molecule has 1 atom stereocenters. The highest BCUT2D eigenvalue weighted by atomic mass is 19.1. The molecule has 1 unspecified atom stereocenters. The fourth-order valence-electron chi connectivity index (χ4n) is 3.59. The van der Waals surface area contributed by atoms with Gasteiger partial charge in [-0.3, -0.25) is 9.59 Å². The predicted molar refractivity (Wildman–Crippen MR) is 104 cm³/mol. The number of benzene rings is 2. The van der Waals surface area contributed by atoms with Crippen LogP contribution in [-0.4, -0.2) is 21.7 Å². The zero-order valence-electron chi connectivity index (χ0n) is 15.6. The van der Waals surface area contributed by atoms with Gasteiger partial charge in [0.1, 0.15) is 17.3 Å². The number of nitrogens with zero attached hydrogens (tertiary/aromatic N) is 1. The van der Waals surface area contributed by atoms with E-state index in [4.69, 9.17) is 4.42 Å². The summed E-state index contributed by atoms with van der Waals surface area (Å²) in [5.74, 6) is -1.79. The summed E-state index contributed by atoms with van der Waals surface area (Å²) in [6.07, 6.45) is 1.49. The number of carbonyl (C=O) groups is 2. The number of Topliss-reactive ketones (excluding diaryl/α,β-unsaturated/α-hetero) is 1. The van der Waals surface area contributed by atoms with Crippen LogP contribution in [0.4, 0.5) is 4.39 Å². The van der Waals surface area contributed by atoms with Crippen LogP contribution in [0, 0.1) is 12.7 Å². The molecule has 1 saturated heterocycles. The van der Waals surface area contributed by atoms with E-state index >= 15 is 0 Å². The average Bonchev–Trinajstić information content (AvgIpc) is 3.31. The molecule has 2 aromatic carbocycles. The van der Waals surface area contributed by atoms with Crippen LogP contribution in [0.15, 0.2) is 76.9 Å². The molecule has 3 aromatic rings. The second-order valence-corrected chi connectivity index (χ2v) is 6.87. The van der Waals surface area contributed by atoms with Crippen molar-refractivity contribution in [2.75, 3.05) is 0 Å². The number of furan rings is 1. The van der Waals surface area contributed by atoms with E-state index in [1.165, 1.54) is 35.4 Å². The largest absolute Gasteiger partial charge is 0.507 e. The minimum Gasteiger partial charge on any atom is -0.507 e. The van der Waals surface area contributed by atoms with Crippen molar-refractivity contribution in [1.82, 2.24) is 4.90 Å². The SMILES string of the molecule is Cc1ccccc1C1/C(=C(/O)c2ccc(F)cc2)C(=O)C(=O)N1Cc1ccco1. The molecule has 1 aliphatic heterocycles. The van der Waals surface area contributed by atoms with Crippen LogP contribution in [-0.2, 0) is 16.1 Å². The molecular weight excluding hydrogens is 373 g/mol. The molecule has 146 valence electrons. The number of amides is 1. The van der Waals surface area contributed by atoms with Gasteiger partial charge in [0.05, 0.1) is 24.4 Å². The Morgan fingerprint density at radius 2 is 1.79 bits per heavy atom. The van der Waals surface area contributed by atoms with Gasteiger partial charge in [-0.25, -0.2) is 4.39 Å². The van der Waals surface area contributed by atoms with Crippen molar-refractivity contribution < 1.29 is 23.5 Å². The predicted octanol–water partition coefficient (Wildman–Crippen LogP) is 4.35. The van der Waals surface area contributed by atoms with E-state index in [1.807, 2.05) is 31.2 Å². The number of likely N-dealkylation sites (tertiary alicyclic amines) is 1. The van der Waals surface area contributed by atoms with E-state index in [0.717, 1.165) is 11.1 Å². The summed E-state index contributed by atoms with van der Waals surface area (Å²) >= 11 is 0. The molecule has 2 heterocycles. The second-order valence-electron chi connectivity index (χ2n) is 6.87. The van der Waals surface area contributed by atoms with Gasteiger partial charge in [0.2, 0.25) is 0 Å². The minimum absolute atomic E-state index is 0.0255. The van der Waals surface area contributed by atoms with Gasteiger partial charge in [0.25, 0.3) is 11.7 Å². The summed E-state index contributed by atoms with van der Waals surface area (Å²) in [5, 5.41) is 10.9. The quantitative estimate of drug-likeness (QED) is 0.408. The first-order valence-corrected chi connectivity index (χ1v) is 9.09. The zero-order chi connectivity index (χ0) is 20.5. The van der Waals surface area contributed by atoms with Crippen LogP contribution in [0.1, 0.15) is 28.5 Å². The molecule has 0 saturated carbocycles. The van der Waals surface area contributed by atoms with Gasteiger partial charge in [-0.15, -0.1) is 0 Å². The van der Waals surface area contributed by atoms with Gasteiger partial charge >= 0.3 is 0 Å². The average molecular weight is 391 g/mol. The van der Waals surface area contributed by atoms with E-state index in [2.05, 4.69) is 0 Å². The van der Waals surface area contributed by atoms with Crippen LogP contribution in [0.2, 0.25) is 0 Å². The van der Waals surface area contributed by atoms with E-state index in [0.29, 0.717) is 5.76 Å². The van der Waals surface area contributed by atoms with Crippen molar-refractivity contribution in [3.05, 3.63) is 101 Å². The Bertz CT molecular complexity index is 1100. The topological polar surface area (TPSA) is 70.8 Å². The highest BCUT2D eigenvalue weighted by Crippen LogP contribution is 2.41. The molecule has 1 amide bonds. The monoisotopic (exact) mass is 391 g/mol. The molecule has 4 rings (SSSR count). The fraction of sp³-hybridized carbons (Fsp3) is 0.130. The molecule has 1 fully saturated rings. The summed E-state index contributed by atoms with van der Waals surface area (Å²) in [6.45, 7) is 1.96. The third-order valence-electron chi connectivity index (χ3n) is 5.05. The molecule has 0 radical (unpaired) electrons. The maximum Gasteiger partial charge on any atom is 0.296 e. The summed E-state index contributed by atoms with van der Waals surface area (Å²) in [7, 11) is 0. The molecule has 29 heavy (non-hydrogen) atoms. The Morgan fingerprint density at radius 1 is 1.07 bits per heavy atom. The Balaban J connectivity index is 1.89. The number of rotatable bonds is 4. The molecule has 1 aliphatic rings. The lowest BCUT2D eigenvalue weighted by atomic mass is 9.92. The van der Waals surface area contributed by atoms with Crippen molar-refractivity contribution in [3.8, 4) is 0 Å². The Morgan fingerprint density at radius 3 is 2.45 bits per heavy atom. The Hall–Kier alpha value is -3.67. The number of aliphatic hydroxyl groups excluding tert-OH is 1. The van der Waals surface area contributed by atoms with E-state index in [1.54, 1.807) is 12.1 Å². The zero-order valence-corrected chi connectivity index (χ0v) is 15.6. The van der Waals surface area contributed by atoms with Crippen molar-refractivity contribution >= 4 is 17.4 Å². The van der Waals surface area contributed by atoms with Gasteiger partial charge in [-0.05, 0) is 54.4 Å². The van der Waals surface area contributed by atoms with E-state index in [9.17, 15) is 19.1 Å². The van der Waals surface area contributed by atoms with Crippen molar-refractivity contribution in [1.29, 1.82) is 0 Å². The van der Waals surface area contributed by atoms with Crippen LogP contribution < -0.4 is 0 Å². The number of carbonyl (C=O) groups excluding carboxylic acids is 2. The highest BCUT2D eigenvalue weighted by molar-refractivity contribution is 6.46. The molecule has 0 spiro atoms. The summed E-state index contributed by atoms with van der Waals surface area (Å²) in [4.78, 5) is 27.2. The van der Waals surface area contributed by atoms with Gasteiger partial charge in [-0.1, -0.05) is 24.3 Å². The third-order valence-corrected chi connectivity index (χ3v) is 5.05. The number of aliphatic hydroxyl groups is 1. The van der Waals surface area contributed by atoms with Gasteiger partial charge < -0.3 is 14.4 Å². The van der Waals surface area contributed by atoms with Crippen LogP contribution in [0.25, 0.3) is 5.76 Å². The number of hydrogen-bond acceptors (Lipinski definition) is 4. The number of aryl methyl sites for hydroxylation is 1. The lowest BCUT2D eigenvalue weighted by molar-refractivity contribution is -0.140. The van der Waals surface area contributed by atoms with Crippen LogP contribution in [0.3, 0.4) is 0 Å². The third kappa shape index (κ3) is 3.33. The maximum atomic E-state index is 13.3. The smallest absolute Gasteiger partial charge is 0.296 e. The first-order chi connectivity index (χ1) is 14.0. The molecule has 0 aliphatic carbocycles. The Kier molecular flexibility index (Phi) is 4.76. The number of halogens is 1. The normalized spacial score (nSPS) is 18.4. The number of hydrogen-bond donors (Lipinski definition) is 1. The second kappa shape index (κ2) is 7.39. The first-order valence-electron chi connectivity index (χ1n) is 9.09. The van der Waals surface area contributed by atoms with Gasteiger partial charge in [0.15, 0.2) is 0 Å². The Labute approximate surface area is 166 Å². The van der Waals surface area contributed by atoms with Gasteiger partial charge in [-0.2, -0.15) is 0 Å². The van der Waals surface area contributed by atoms with Crippen LogP contribution >= 0.6 is 0 Å². The van der Waals surface area contributed by atoms with Crippen LogP contribution in [0.5, 0.6) is 0 Å². The van der Waals surface area contributed by atoms with Gasteiger partial charge in [0, 0.05) is 5.56 Å². The van der Waals surface area contributed by atoms with E-state index in [-0.39, 0.29) is 23.4 Å². The van der Waals surface area contributed by atoms with Crippen molar-refractivity contribution in [2.45, 2.75) is 19.5 Å². The summed E-state index contributed by atoms with van der Waals surface area (Å²) in [5.41, 5.74) is 1.83. The lowest BCUT2D eigenvalue weighted by Gasteiger charge is -2.25. The standard InChI is InChI=1S/C23H18FNO4/c1-14-5-2-3-7-18(14)20-19(21(26)15-8-10-16(24)11-9-15)22(27)23(28)25(20)13-17-6-4-12-29-17/h2-12,20,26H,13H2,1H3/b21-19-. The maximum absolute atomic E-state index is 13.3. The molecule has 5 nitrogen and oxygen atoms in total. The summed E-state index contributed by atoms with van der Waals surface area (Å²) in [6, 6.07) is 15.1. The summed E-state index contributed by atoms with van der Waals surface area (Å²) < 4.78 is 18.7. The minimum atomic E-state index is -0.786. The van der Waals surface area contributed by atoms with Crippen molar-refractivity contribution in [2.24, 2.45) is 0 Å². The highest BCUT2D eigenvalue weighted by Gasteiger charge is 2.46. The molecule has 6 heteroatoms.